The van der Waals surface area contributed by atoms with Gasteiger partial charge in [0.25, 0.3) is 0 Å². The molecule has 222 valence electrons. The second-order valence-electron chi connectivity index (χ2n) is 11.7. The molecule has 1 amide bonds. The van der Waals surface area contributed by atoms with E-state index in [1.807, 2.05) is 34.1 Å². The first kappa shape index (κ1) is 28.7. The number of nitrogens with one attached hydrogen (secondary N) is 2. The summed E-state index contributed by atoms with van der Waals surface area (Å²) in [6.07, 6.45) is 7.55. The molecule has 0 radical (unpaired) electrons. The number of benzene rings is 3. The molecular formula is C33H39FN4O3S. The molecule has 3 aliphatic rings. The van der Waals surface area contributed by atoms with Crippen LogP contribution in [0.25, 0.3) is 0 Å². The minimum Gasteiger partial charge on any atom is -0.367 e. The summed E-state index contributed by atoms with van der Waals surface area (Å²) < 4.78 is 45.7. The highest BCUT2D eigenvalue weighted by Gasteiger charge is 2.31. The van der Waals surface area contributed by atoms with Crippen molar-refractivity contribution in [3.8, 4) is 0 Å². The summed E-state index contributed by atoms with van der Waals surface area (Å²) in [5.41, 5.74) is 3.84. The molecule has 1 heterocycles. The highest BCUT2D eigenvalue weighted by molar-refractivity contribution is 7.89. The molecule has 1 aliphatic heterocycles. The molecule has 0 bridgehead atoms. The number of sulfonamides is 1. The molecule has 6 rings (SSSR count). The van der Waals surface area contributed by atoms with Crippen molar-refractivity contribution in [1.82, 2.24) is 4.72 Å². The molecule has 1 saturated carbocycles. The van der Waals surface area contributed by atoms with Crippen LogP contribution in [0.1, 0.15) is 62.1 Å². The zero-order valence-electron chi connectivity index (χ0n) is 23.9. The zero-order chi connectivity index (χ0) is 29.1. The van der Waals surface area contributed by atoms with Crippen molar-refractivity contribution in [3.05, 3.63) is 83.7 Å². The van der Waals surface area contributed by atoms with Crippen molar-refractivity contribution in [1.29, 1.82) is 0 Å². The largest absolute Gasteiger partial charge is 0.367 e. The molecule has 9 heteroatoms. The van der Waals surface area contributed by atoms with Gasteiger partial charge in [-0.15, -0.1) is 0 Å². The topological polar surface area (TPSA) is 81.8 Å². The van der Waals surface area contributed by atoms with Gasteiger partial charge in [-0.1, -0.05) is 55.7 Å². The summed E-state index contributed by atoms with van der Waals surface area (Å²) in [6, 6.07) is 19.7. The number of piperazine rings is 1. The summed E-state index contributed by atoms with van der Waals surface area (Å²) in [7, 11) is -3.95. The fourth-order valence-corrected chi connectivity index (χ4v) is 8.20. The Labute approximate surface area is 248 Å². The maximum atomic E-state index is 14.4. The van der Waals surface area contributed by atoms with Gasteiger partial charge in [0.2, 0.25) is 15.9 Å². The van der Waals surface area contributed by atoms with E-state index in [1.165, 1.54) is 11.6 Å². The lowest BCUT2D eigenvalue weighted by molar-refractivity contribution is -0.120. The molecule has 2 fully saturated rings. The third-order valence-electron chi connectivity index (χ3n) is 8.97. The van der Waals surface area contributed by atoms with Gasteiger partial charge in [0, 0.05) is 43.8 Å². The second kappa shape index (κ2) is 12.4. The third kappa shape index (κ3) is 6.17. The van der Waals surface area contributed by atoms with E-state index in [-0.39, 0.29) is 28.6 Å². The molecule has 0 spiro atoms. The van der Waals surface area contributed by atoms with Crippen LogP contribution in [0, 0.1) is 11.7 Å². The highest BCUT2D eigenvalue weighted by Crippen LogP contribution is 2.35. The Hall–Kier alpha value is -3.43. The second-order valence-corrected chi connectivity index (χ2v) is 13.4. The number of carbonyl (C=O) groups excluding carboxylic acids is 1. The maximum absolute atomic E-state index is 14.4. The predicted octanol–water partition coefficient (Wildman–Crippen LogP) is 6.03. The third-order valence-corrected chi connectivity index (χ3v) is 10.5. The number of hydrogen-bond donors (Lipinski definition) is 2. The van der Waals surface area contributed by atoms with Crippen LogP contribution in [-0.2, 0) is 21.2 Å². The minimum atomic E-state index is -3.95. The van der Waals surface area contributed by atoms with Crippen molar-refractivity contribution in [2.45, 2.75) is 62.3 Å². The SMILES string of the molecule is O=C(Nc1ccc(N2CCN(c3ccccc3F)CC2)c(S(=O)(=O)NC2CCCc3ccccc32)c1)C1CCCCC1. The molecular weight excluding hydrogens is 551 g/mol. The number of halogens is 1. The fourth-order valence-electron chi connectivity index (χ4n) is 6.70. The molecule has 0 aromatic heterocycles. The number of para-hydroxylation sites is 1. The summed E-state index contributed by atoms with van der Waals surface area (Å²) in [5, 5.41) is 3.01. The van der Waals surface area contributed by atoms with Crippen LogP contribution in [0.15, 0.2) is 71.6 Å². The van der Waals surface area contributed by atoms with Crippen LogP contribution in [0.5, 0.6) is 0 Å². The summed E-state index contributed by atoms with van der Waals surface area (Å²) in [5.74, 6) is -0.343. The van der Waals surface area contributed by atoms with Crippen LogP contribution in [-0.4, -0.2) is 40.5 Å². The normalized spacial score (nSPS) is 19.8. The van der Waals surface area contributed by atoms with Crippen LogP contribution in [0.2, 0.25) is 0 Å². The van der Waals surface area contributed by atoms with Gasteiger partial charge in [-0.2, -0.15) is 0 Å². The van der Waals surface area contributed by atoms with Gasteiger partial charge in [-0.3, -0.25) is 4.79 Å². The molecule has 1 saturated heterocycles. The van der Waals surface area contributed by atoms with Crippen LogP contribution >= 0.6 is 0 Å². The van der Waals surface area contributed by atoms with Gasteiger partial charge in [0.15, 0.2) is 0 Å². The van der Waals surface area contributed by atoms with Crippen molar-refractivity contribution < 1.29 is 17.6 Å². The Balaban J connectivity index is 1.28. The lowest BCUT2D eigenvalue weighted by atomic mass is 9.88. The molecule has 42 heavy (non-hydrogen) atoms. The Kier molecular flexibility index (Phi) is 8.49. The minimum absolute atomic E-state index is 0.0400. The summed E-state index contributed by atoms with van der Waals surface area (Å²) >= 11 is 0. The van der Waals surface area contributed by atoms with E-state index >= 15 is 0 Å². The predicted molar refractivity (Wildman–Crippen MR) is 165 cm³/mol. The smallest absolute Gasteiger partial charge is 0.243 e. The Morgan fingerprint density at radius 2 is 1.48 bits per heavy atom. The highest BCUT2D eigenvalue weighted by atomic mass is 32.2. The van der Waals surface area contributed by atoms with Gasteiger partial charge in [0.1, 0.15) is 10.7 Å². The number of fused-ring (bicyclic) bond motifs is 1. The number of nitrogens with zero attached hydrogens (tertiary/aromatic N) is 2. The van der Waals surface area contributed by atoms with Crippen molar-refractivity contribution in [2.75, 3.05) is 41.3 Å². The first-order valence-corrected chi connectivity index (χ1v) is 16.7. The van der Waals surface area contributed by atoms with Crippen molar-refractivity contribution in [3.63, 3.8) is 0 Å². The van der Waals surface area contributed by atoms with Crippen molar-refractivity contribution >= 4 is 33.0 Å². The van der Waals surface area contributed by atoms with Gasteiger partial charge < -0.3 is 15.1 Å². The van der Waals surface area contributed by atoms with Crippen molar-refractivity contribution in [2.24, 2.45) is 5.92 Å². The number of hydrogen-bond acceptors (Lipinski definition) is 5. The van der Waals surface area contributed by atoms with E-state index in [0.717, 1.165) is 56.9 Å². The number of amides is 1. The number of rotatable bonds is 7. The molecule has 2 aliphatic carbocycles. The van der Waals surface area contributed by atoms with Crippen LogP contribution < -0.4 is 19.8 Å². The number of anilines is 3. The standard InChI is InChI=1S/C33H39FN4O3S/c34-28-14-6-7-16-30(28)37-19-21-38(22-20-37)31-18-17-26(35-33(39)25-10-2-1-3-11-25)23-32(31)42(40,41)36-29-15-8-12-24-9-4-5-13-27(24)29/h4-7,9,13-14,16-18,23,25,29,36H,1-3,8,10-12,15,19-22H2,(H,35,39). The lowest BCUT2D eigenvalue weighted by Gasteiger charge is -2.38. The van der Waals surface area contributed by atoms with Crippen LogP contribution in [0.3, 0.4) is 0 Å². The number of aryl methyl sites for hydroxylation is 1. The number of carbonyl (C=O) groups is 1. The molecule has 3 aromatic carbocycles. The average molecular weight is 591 g/mol. The maximum Gasteiger partial charge on any atom is 0.243 e. The molecule has 1 atom stereocenters. The summed E-state index contributed by atoms with van der Waals surface area (Å²) in [6.45, 7) is 2.20. The van der Waals surface area contributed by atoms with Gasteiger partial charge in [-0.05, 0) is 73.6 Å². The molecule has 7 nitrogen and oxygen atoms in total. The summed E-state index contributed by atoms with van der Waals surface area (Å²) in [4.78, 5) is 17.2. The van der Waals surface area contributed by atoms with E-state index in [9.17, 15) is 17.6 Å². The fraction of sp³-hybridized carbons (Fsp3) is 0.424. The Bertz CT molecular complexity index is 1530. The molecule has 2 N–H and O–H groups in total. The first-order chi connectivity index (χ1) is 20.4. The average Bonchev–Trinajstić information content (AvgIpc) is 3.02. The van der Waals surface area contributed by atoms with Gasteiger partial charge >= 0.3 is 0 Å². The van der Waals surface area contributed by atoms with E-state index in [0.29, 0.717) is 43.2 Å². The van der Waals surface area contributed by atoms with Gasteiger partial charge in [0.05, 0.1) is 11.4 Å². The zero-order valence-corrected chi connectivity index (χ0v) is 24.7. The molecule has 3 aromatic rings. The molecule has 1 unspecified atom stereocenters. The Morgan fingerprint density at radius 3 is 2.24 bits per heavy atom. The van der Waals surface area contributed by atoms with Crippen LogP contribution in [0.4, 0.5) is 21.5 Å². The van der Waals surface area contributed by atoms with E-state index in [4.69, 9.17) is 0 Å². The van der Waals surface area contributed by atoms with E-state index < -0.39 is 10.0 Å². The first-order valence-electron chi connectivity index (χ1n) is 15.2. The van der Waals surface area contributed by atoms with Gasteiger partial charge in [-0.25, -0.2) is 17.5 Å². The lowest BCUT2D eigenvalue weighted by Crippen LogP contribution is -2.47. The van der Waals surface area contributed by atoms with E-state index in [1.54, 1.807) is 30.3 Å². The monoisotopic (exact) mass is 590 g/mol. The Morgan fingerprint density at radius 1 is 0.786 bits per heavy atom. The van der Waals surface area contributed by atoms with E-state index in [2.05, 4.69) is 16.1 Å². The quantitative estimate of drug-likeness (QED) is 0.351.